The molecule has 0 radical (unpaired) electrons. The van der Waals surface area contributed by atoms with E-state index in [0.29, 0.717) is 0 Å². The Hall–Kier alpha value is -4.46. The molecule has 7 nitrogen and oxygen atoms in total. The van der Waals surface area contributed by atoms with Crippen LogP contribution in [0.5, 0.6) is 0 Å². The number of morpholine rings is 2. The van der Waals surface area contributed by atoms with Crippen molar-refractivity contribution in [3.05, 3.63) is 126 Å². The van der Waals surface area contributed by atoms with Crippen LogP contribution in [0.3, 0.4) is 0 Å². The smallest absolute Gasteiger partial charge is 0.149 e. The van der Waals surface area contributed by atoms with Gasteiger partial charge in [0.1, 0.15) is 5.82 Å². The number of ether oxygens (including phenoxy) is 2. The largest absolute Gasteiger partial charge is 0.378 e. The summed E-state index contributed by atoms with van der Waals surface area (Å²) in [5.74, 6) is 0.866. The monoisotopic (exact) mass is 571 g/mol. The summed E-state index contributed by atoms with van der Waals surface area (Å²) < 4.78 is 11.1. The van der Waals surface area contributed by atoms with Gasteiger partial charge in [0, 0.05) is 43.8 Å². The topological polar surface area (TPSA) is 53.4 Å². The van der Waals surface area contributed by atoms with Crippen LogP contribution < -0.4 is 14.8 Å². The number of pyridine rings is 1. The van der Waals surface area contributed by atoms with Crippen molar-refractivity contribution < 1.29 is 9.47 Å². The lowest BCUT2D eigenvalue weighted by Gasteiger charge is -2.31. The highest BCUT2D eigenvalue weighted by Gasteiger charge is 2.39. The second-order valence-corrected chi connectivity index (χ2v) is 11.1. The van der Waals surface area contributed by atoms with E-state index in [-0.39, 0.29) is 12.0 Å². The Bertz CT molecular complexity index is 1530. The molecule has 0 spiro atoms. The number of anilines is 3. The van der Waals surface area contributed by atoms with Crippen LogP contribution in [0, 0.1) is 0 Å². The van der Waals surface area contributed by atoms with Crippen LogP contribution in [0.2, 0.25) is 0 Å². The molecule has 2 unspecified atom stereocenters. The lowest BCUT2D eigenvalue weighted by Crippen LogP contribution is -2.36. The summed E-state index contributed by atoms with van der Waals surface area (Å²) in [5.41, 5.74) is 7.06. The Morgan fingerprint density at radius 1 is 0.605 bits per heavy atom. The van der Waals surface area contributed by atoms with Crippen LogP contribution in [0.15, 0.2) is 114 Å². The Labute approximate surface area is 253 Å². The molecule has 0 bridgehead atoms. The molecule has 4 aromatic rings. The molecule has 3 aliphatic heterocycles. The van der Waals surface area contributed by atoms with Crippen molar-refractivity contribution in [2.75, 3.05) is 67.4 Å². The van der Waals surface area contributed by atoms with Crippen LogP contribution in [-0.2, 0) is 9.47 Å². The SMILES string of the molecule is C(=Cc1ccc(N2CCOCC2)cc1)C1=NN(c2ccccn2)C(c2ccc(N3CCOCC3)cc2)C1c1ccccc1. The number of hydrogen-bond donors (Lipinski definition) is 0. The molecular weight excluding hydrogens is 534 g/mol. The van der Waals surface area contributed by atoms with Crippen LogP contribution in [-0.4, -0.2) is 63.3 Å². The molecule has 7 rings (SSSR count). The minimum Gasteiger partial charge on any atom is -0.378 e. The van der Waals surface area contributed by atoms with Crippen molar-refractivity contribution in [1.82, 2.24) is 4.98 Å². The molecule has 3 aliphatic rings. The fraction of sp³-hybridized carbons (Fsp3) is 0.278. The Balaban J connectivity index is 1.23. The van der Waals surface area contributed by atoms with E-state index >= 15 is 0 Å². The highest BCUT2D eigenvalue weighted by molar-refractivity contribution is 6.06. The second kappa shape index (κ2) is 12.8. The summed E-state index contributed by atoms with van der Waals surface area (Å²) in [6.07, 6.45) is 6.20. The summed E-state index contributed by atoms with van der Waals surface area (Å²) in [6.45, 7) is 6.81. The van der Waals surface area contributed by atoms with Crippen molar-refractivity contribution in [2.45, 2.75) is 12.0 Å². The van der Waals surface area contributed by atoms with Crippen LogP contribution in [0.4, 0.5) is 17.2 Å². The van der Waals surface area contributed by atoms with Gasteiger partial charge >= 0.3 is 0 Å². The number of nitrogens with zero attached hydrogens (tertiary/aromatic N) is 5. The van der Waals surface area contributed by atoms with Crippen LogP contribution in [0.1, 0.15) is 28.7 Å². The molecule has 2 atom stereocenters. The predicted molar refractivity (Wildman–Crippen MR) is 174 cm³/mol. The molecule has 3 aromatic carbocycles. The third-order valence-electron chi connectivity index (χ3n) is 8.49. The summed E-state index contributed by atoms with van der Waals surface area (Å²) in [6, 6.07) is 34.5. The van der Waals surface area contributed by atoms with Crippen LogP contribution in [0.25, 0.3) is 6.08 Å². The molecule has 1 aromatic heterocycles. The Morgan fingerprint density at radius 3 is 1.81 bits per heavy atom. The Kier molecular flexibility index (Phi) is 8.16. The van der Waals surface area contributed by atoms with Crippen molar-refractivity contribution >= 4 is 29.0 Å². The quantitative estimate of drug-likeness (QED) is 0.265. The normalized spacial score (nSPS) is 20.9. The first-order valence-corrected chi connectivity index (χ1v) is 15.2. The second-order valence-electron chi connectivity index (χ2n) is 11.1. The molecule has 0 N–H and O–H groups in total. The van der Waals surface area contributed by atoms with E-state index in [1.54, 1.807) is 0 Å². The summed E-state index contributed by atoms with van der Waals surface area (Å²) >= 11 is 0. The molecule has 7 heteroatoms. The molecule has 0 aliphatic carbocycles. The standard InChI is InChI=1S/C36H37N5O2/c1-2-6-29(7-3-1)35-33(18-11-28-9-14-31(15-10-28)39-20-24-42-25-21-39)38-41(34-8-4-5-19-37-34)36(35)30-12-16-32(17-13-30)40-22-26-43-27-23-40/h1-19,35-36H,20-27H2. The van der Waals surface area contributed by atoms with Gasteiger partial charge in [-0.15, -0.1) is 0 Å². The van der Waals surface area contributed by atoms with Crippen molar-refractivity contribution in [3.8, 4) is 0 Å². The van der Waals surface area contributed by atoms with Gasteiger partial charge in [-0.1, -0.05) is 66.7 Å². The Morgan fingerprint density at radius 2 is 1.21 bits per heavy atom. The third-order valence-corrected chi connectivity index (χ3v) is 8.49. The number of hydrogen-bond acceptors (Lipinski definition) is 7. The van der Waals surface area contributed by atoms with Crippen molar-refractivity contribution in [1.29, 1.82) is 0 Å². The van der Waals surface area contributed by atoms with E-state index in [4.69, 9.17) is 19.6 Å². The first kappa shape index (κ1) is 27.4. The number of benzene rings is 3. The first-order chi connectivity index (χ1) is 21.3. The summed E-state index contributed by atoms with van der Waals surface area (Å²) in [5, 5.41) is 7.34. The zero-order valence-corrected chi connectivity index (χ0v) is 24.3. The molecule has 4 heterocycles. The average molecular weight is 572 g/mol. The van der Waals surface area contributed by atoms with Gasteiger partial charge in [-0.2, -0.15) is 5.10 Å². The van der Waals surface area contributed by atoms with Gasteiger partial charge in [-0.05, 0) is 59.2 Å². The van der Waals surface area contributed by atoms with Crippen molar-refractivity contribution in [2.24, 2.45) is 5.10 Å². The van der Waals surface area contributed by atoms with Crippen LogP contribution >= 0.6 is 0 Å². The highest BCUT2D eigenvalue weighted by atomic mass is 16.5. The van der Waals surface area contributed by atoms with E-state index < -0.39 is 0 Å². The number of rotatable bonds is 7. The molecule has 218 valence electrons. The van der Waals surface area contributed by atoms with E-state index in [0.717, 1.165) is 69.7 Å². The van der Waals surface area contributed by atoms with Gasteiger partial charge in [0.15, 0.2) is 0 Å². The van der Waals surface area contributed by atoms with E-state index in [9.17, 15) is 0 Å². The van der Waals surface area contributed by atoms with Gasteiger partial charge < -0.3 is 19.3 Å². The van der Waals surface area contributed by atoms with Gasteiger partial charge in [-0.25, -0.2) is 9.99 Å². The minimum atomic E-state index is -0.0422. The zero-order chi connectivity index (χ0) is 28.8. The fourth-order valence-electron chi connectivity index (χ4n) is 6.22. The molecule has 0 amide bonds. The van der Waals surface area contributed by atoms with E-state index in [1.165, 1.54) is 22.5 Å². The molecule has 0 saturated carbocycles. The average Bonchev–Trinajstić information content (AvgIpc) is 3.49. The van der Waals surface area contributed by atoms with E-state index in [2.05, 4.69) is 106 Å². The maximum Gasteiger partial charge on any atom is 0.149 e. The number of allylic oxidation sites excluding steroid dienone is 1. The fourth-order valence-corrected chi connectivity index (χ4v) is 6.22. The summed E-state index contributed by atoms with van der Waals surface area (Å²) in [4.78, 5) is 9.49. The number of hydrazone groups is 1. The molecular formula is C36H37N5O2. The molecule has 2 fully saturated rings. The van der Waals surface area contributed by atoms with Gasteiger partial charge in [0.05, 0.1) is 44.1 Å². The lowest BCUT2D eigenvalue weighted by molar-refractivity contribution is 0.122. The third kappa shape index (κ3) is 6.05. The lowest BCUT2D eigenvalue weighted by atomic mass is 9.84. The summed E-state index contributed by atoms with van der Waals surface area (Å²) in [7, 11) is 0. The maximum absolute atomic E-state index is 5.57. The van der Waals surface area contributed by atoms with Gasteiger partial charge in [0.25, 0.3) is 0 Å². The first-order valence-electron chi connectivity index (χ1n) is 15.2. The molecule has 43 heavy (non-hydrogen) atoms. The highest BCUT2D eigenvalue weighted by Crippen LogP contribution is 2.44. The predicted octanol–water partition coefficient (Wildman–Crippen LogP) is 6.17. The van der Waals surface area contributed by atoms with Gasteiger partial charge in [-0.3, -0.25) is 0 Å². The molecule has 2 saturated heterocycles. The van der Waals surface area contributed by atoms with E-state index in [1.807, 2.05) is 24.4 Å². The minimum absolute atomic E-state index is 0.0290. The van der Waals surface area contributed by atoms with Crippen molar-refractivity contribution in [3.63, 3.8) is 0 Å². The zero-order valence-electron chi connectivity index (χ0n) is 24.3. The number of aromatic nitrogens is 1. The van der Waals surface area contributed by atoms with Gasteiger partial charge in [0.2, 0.25) is 0 Å². The maximum atomic E-state index is 5.57.